The van der Waals surface area contributed by atoms with Gasteiger partial charge in [-0.2, -0.15) is 5.26 Å². The van der Waals surface area contributed by atoms with Crippen LogP contribution in [0.4, 0.5) is 10.7 Å². The third-order valence-electron chi connectivity index (χ3n) is 5.99. The van der Waals surface area contributed by atoms with Crippen molar-refractivity contribution in [3.63, 3.8) is 0 Å². The lowest BCUT2D eigenvalue weighted by atomic mass is 10.1. The summed E-state index contributed by atoms with van der Waals surface area (Å²) in [6, 6.07) is 16.2. The number of rotatable bonds is 8. The van der Waals surface area contributed by atoms with E-state index in [0.29, 0.717) is 41.4 Å². The van der Waals surface area contributed by atoms with Gasteiger partial charge in [0.2, 0.25) is 11.6 Å². The molecule has 3 aromatic heterocycles. The van der Waals surface area contributed by atoms with Crippen LogP contribution in [-0.2, 0) is 11.3 Å². The number of hydrogen-bond donors (Lipinski definition) is 1. The summed E-state index contributed by atoms with van der Waals surface area (Å²) < 4.78 is 16.6. The molecule has 0 radical (unpaired) electrons. The molecular weight excluding hydrogens is 512 g/mol. The Balaban J connectivity index is 1.49. The molecule has 0 bridgehead atoms. The molecule has 1 aliphatic rings. The van der Waals surface area contributed by atoms with Crippen molar-refractivity contribution in [2.75, 3.05) is 31.2 Å². The van der Waals surface area contributed by atoms with Crippen LogP contribution >= 0.6 is 11.3 Å². The highest BCUT2D eigenvalue weighted by atomic mass is 32.1. The maximum Gasteiger partial charge on any atom is 0.346 e. The van der Waals surface area contributed by atoms with E-state index < -0.39 is 10.9 Å². The molecule has 5 rings (SSSR count). The Labute approximate surface area is 220 Å². The Morgan fingerprint density at radius 2 is 1.95 bits per heavy atom. The highest BCUT2D eigenvalue weighted by molar-refractivity contribution is 7.17. The molecule has 192 valence electrons. The summed E-state index contributed by atoms with van der Waals surface area (Å²) >= 11 is 0.563. The lowest BCUT2D eigenvalue weighted by Gasteiger charge is -2.28. The Morgan fingerprint density at radius 3 is 2.63 bits per heavy atom. The highest BCUT2D eigenvalue weighted by Crippen LogP contribution is 2.36. The van der Waals surface area contributed by atoms with Crippen LogP contribution in [-0.4, -0.2) is 47.3 Å². The van der Waals surface area contributed by atoms with Crippen molar-refractivity contribution in [1.82, 2.24) is 4.98 Å². The summed E-state index contributed by atoms with van der Waals surface area (Å²) in [6.07, 6.45) is 1.38. The van der Waals surface area contributed by atoms with Gasteiger partial charge in [-0.1, -0.05) is 23.5 Å². The van der Waals surface area contributed by atoms with E-state index in [0.717, 1.165) is 24.3 Å². The SMILES string of the molecule is N#Cc1occc1-c1ccc(-c2ccc(N3CCOCC3)cc2)nc1OCc1cc([N+](=O)[O-])sc1C(=O)O. The van der Waals surface area contributed by atoms with Crippen molar-refractivity contribution in [3.8, 4) is 34.3 Å². The molecule has 11 nitrogen and oxygen atoms in total. The number of furan rings is 1. The monoisotopic (exact) mass is 532 g/mol. The summed E-state index contributed by atoms with van der Waals surface area (Å²) in [6.45, 7) is 2.72. The second-order valence-corrected chi connectivity index (χ2v) is 9.29. The van der Waals surface area contributed by atoms with Crippen LogP contribution in [0, 0.1) is 21.4 Å². The lowest BCUT2D eigenvalue weighted by Crippen LogP contribution is -2.36. The number of nitrogens with zero attached hydrogens (tertiary/aromatic N) is 4. The average Bonchev–Trinajstić information content (AvgIpc) is 3.60. The molecule has 0 saturated carbocycles. The summed E-state index contributed by atoms with van der Waals surface area (Å²) in [5.74, 6) is -1.09. The van der Waals surface area contributed by atoms with Crippen molar-refractivity contribution in [2.45, 2.75) is 6.61 Å². The summed E-state index contributed by atoms with van der Waals surface area (Å²) in [5, 5.41) is 29.8. The molecule has 1 N–H and O–H groups in total. The number of carboxylic acids is 1. The molecule has 12 heteroatoms. The number of benzene rings is 1. The number of aromatic nitrogens is 1. The van der Waals surface area contributed by atoms with Crippen LogP contribution in [0.25, 0.3) is 22.4 Å². The number of thiophene rings is 1. The van der Waals surface area contributed by atoms with Gasteiger partial charge in [0.15, 0.2) is 0 Å². The number of anilines is 1. The quantitative estimate of drug-likeness (QED) is 0.243. The van der Waals surface area contributed by atoms with E-state index in [9.17, 15) is 25.3 Å². The van der Waals surface area contributed by atoms with Crippen LogP contribution < -0.4 is 9.64 Å². The fraction of sp³-hybridized carbons (Fsp3) is 0.192. The Morgan fingerprint density at radius 1 is 1.18 bits per heavy atom. The van der Waals surface area contributed by atoms with Gasteiger partial charge in [0.1, 0.15) is 17.6 Å². The van der Waals surface area contributed by atoms with E-state index in [1.54, 1.807) is 18.2 Å². The molecule has 0 amide bonds. The van der Waals surface area contributed by atoms with Crippen LogP contribution in [0.5, 0.6) is 5.88 Å². The van der Waals surface area contributed by atoms with E-state index in [1.807, 2.05) is 30.3 Å². The molecular formula is C26H20N4O7S. The number of ether oxygens (including phenoxy) is 2. The minimum Gasteiger partial charge on any atom is -0.477 e. The van der Waals surface area contributed by atoms with Gasteiger partial charge in [-0.15, -0.1) is 0 Å². The maximum atomic E-state index is 11.6. The van der Waals surface area contributed by atoms with Gasteiger partial charge >= 0.3 is 11.0 Å². The van der Waals surface area contributed by atoms with Gasteiger partial charge < -0.3 is 23.9 Å². The number of nitro groups is 1. The zero-order valence-corrected chi connectivity index (χ0v) is 20.6. The highest BCUT2D eigenvalue weighted by Gasteiger charge is 2.23. The van der Waals surface area contributed by atoms with Crippen molar-refractivity contribution >= 4 is 28.0 Å². The van der Waals surface area contributed by atoms with Gasteiger partial charge in [0.05, 0.1) is 30.1 Å². The van der Waals surface area contributed by atoms with Crippen LogP contribution in [0.2, 0.25) is 0 Å². The number of morpholine rings is 1. The number of pyridine rings is 1. The van der Waals surface area contributed by atoms with Gasteiger partial charge in [-0.05, 0) is 30.3 Å². The first-order chi connectivity index (χ1) is 18.4. The van der Waals surface area contributed by atoms with Gasteiger partial charge in [0, 0.05) is 47.1 Å². The van der Waals surface area contributed by atoms with E-state index in [-0.39, 0.29) is 33.7 Å². The maximum absolute atomic E-state index is 11.6. The third kappa shape index (κ3) is 5.06. The van der Waals surface area contributed by atoms with Gasteiger partial charge in [-0.3, -0.25) is 10.1 Å². The smallest absolute Gasteiger partial charge is 0.346 e. The predicted molar refractivity (Wildman–Crippen MR) is 137 cm³/mol. The molecule has 38 heavy (non-hydrogen) atoms. The first kappa shape index (κ1) is 24.9. The standard InChI is InChI=1S/C26H20N4O7S/c27-14-22-19(7-10-36-22)20-5-6-21(16-1-3-18(4-2-16)29-8-11-35-12-9-29)28-25(20)37-15-17-13-23(30(33)34)38-24(17)26(31)32/h1-7,10,13H,8-9,11-12,15H2,(H,31,32). The molecule has 0 atom stereocenters. The Hall–Kier alpha value is -4.73. The molecule has 0 aliphatic carbocycles. The van der Waals surface area contributed by atoms with Crippen LogP contribution in [0.15, 0.2) is 59.2 Å². The summed E-state index contributed by atoms with van der Waals surface area (Å²) in [5.41, 5.74) is 3.56. The van der Waals surface area contributed by atoms with Crippen molar-refractivity contribution in [1.29, 1.82) is 5.26 Å². The first-order valence-electron chi connectivity index (χ1n) is 11.5. The van der Waals surface area contributed by atoms with Crippen molar-refractivity contribution < 1.29 is 28.7 Å². The Kier molecular flexibility index (Phi) is 7.03. The lowest BCUT2D eigenvalue weighted by molar-refractivity contribution is -0.380. The number of carboxylic acid groups (broad SMARTS) is 1. The van der Waals surface area contributed by atoms with E-state index >= 15 is 0 Å². The third-order valence-corrected chi connectivity index (χ3v) is 7.11. The van der Waals surface area contributed by atoms with E-state index in [4.69, 9.17) is 13.9 Å². The average molecular weight is 533 g/mol. The van der Waals surface area contributed by atoms with Gasteiger partial charge in [0.25, 0.3) is 0 Å². The number of nitriles is 1. The molecule has 1 fully saturated rings. The minimum absolute atomic E-state index is 0.0664. The second kappa shape index (κ2) is 10.7. The fourth-order valence-electron chi connectivity index (χ4n) is 4.13. The van der Waals surface area contributed by atoms with E-state index in [1.165, 1.54) is 12.3 Å². The molecule has 1 aromatic carbocycles. The fourth-order valence-corrected chi connectivity index (χ4v) is 4.95. The summed E-state index contributed by atoms with van der Waals surface area (Å²) in [4.78, 5) is 28.9. The van der Waals surface area contributed by atoms with Crippen LogP contribution in [0.1, 0.15) is 21.0 Å². The topological polar surface area (TPSA) is 152 Å². The second-order valence-electron chi connectivity index (χ2n) is 8.26. The number of carbonyl (C=O) groups is 1. The molecule has 0 spiro atoms. The largest absolute Gasteiger partial charge is 0.477 e. The molecule has 1 aliphatic heterocycles. The van der Waals surface area contributed by atoms with E-state index in [2.05, 4.69) is 9.88 Å². The molecule has 4 heterocycles. The normalized spacial score (nSPS) is 13.2. The van der Waals surface area contributed by atoms with Crippen LogP contribution in [0.3, 0.4) is 0 Å². The minimum atomic E-state index is -1.29. The van der Waals surface area contributed by atoms with Crippen molar-refractivity contribution in [2.24, 2.45) is 0 Å². The predicted octanol–water partition coefficient (Wildman–Crippen LogP) is 4.96. The zero-order valence-electron chi connectivity index (χ0n) is 19.8. The number of aromatic carboxylic acids is 1. The summed E-state index contributed by atoms with van der Waals surface area (Å²) in [7, 11) is 0. The molecule has 4 aromatic rings. The zero-order chi connectivity index (χ0) is 26.6. The Bertz CT molecular complexity index is 1530. The van der Waals surface area contributed by atoms with Crippen molar-refractivity contribution in [3.05, 3.63) is 81.1 Å². The molecule has 0 unspecified atom stereocenters. The molecule has 1 saturated heterocycles. The first-order valence-corrected chi connectivity index (χ1v) is 12.3. The number of hydrogen-bond acceptors (Lipinski definition) is 10. The van der Waals surface area contributed by atoms with Gasteiger partial charge in [-0.25, -0.2) is 9.78 Å².